The molecule has 0 aliphatic carbocycles. The van der Waals surface area contributed by atoms with Crippen LogP contribution in [-0.4, -0.2) is 34.1 Å². The molecule has 1 atom stereocenters. The third-order valence-electron chi connectivity index (χ3n) is 2.80. The van der Waals surface area contributed by atoms with Gasteiger partial charge in [-0.2, -0.15) is 0 Å². The van der Waals surface area contributed by atoms with Crippen molar-refractivity contribution in [2.24, 2.45) is 0 Å². The zero-order chi connectivity index (χ0) is 14.5. The van der Waals surface area contributed by atoms with Crippen molar-refractivity contribution in [2.75, 3.05) is 25.7 Å². The van der Waals surface area contributed by atoms with Gasteiger partial charge in [0, 0.05) is 23.9 Å². The third kappa shape index (κ3) is 5.57. The van der Waals surface area contributed by atoms with Gasteiger partial charge in [0.05, 0.1) is 12.4 Å². The molecule has 0 radical (unpaired) electrons. The van der Waals surface area contributed by atoms with E-state index in [4.69, 9.17) is 4.74 Å². The molecule has 6 heteroatoms. The molecule has 0 aliphatic rings. The standard InChI is InChI=1S/C13H20FNO3S/c1-10(15-2)12-6-5-11(9-13(12)14)18-7-4-8-19(3,16)17/h5-6,9-10,15H,4,7-8H2,1-3H3. The second-order valence-electron chi connectivity index (χ2n) is 4.53. The van der Waals surface area contributed by atoms with Crippen LogP contribution in [0.3, 0.4) is 0 Å². The molecule has 1 N–H and O–H groups in total. The molecule has 0 bridgehead atoms. The fraction of sp³-hybridized carbons (Fsp3) is 0.538. The monoisotopic (exact) mass is 289 g/mol. The summed E-state index contributed by atoms with van der Waals surface area (Å²) in [7, 11) is -1.21. The minimum Gasteiger partial charge on any atom is -0.493 e. The van der Waals surface area contributed by atoms with Crippen LogP contribution in [0.25, 0.3) is 0 Å². The van der Waals surface area contributed by atoms with Gasteiger partial charge in [-0.1, -0.05) is 6.07 Å². The van der Waals surface area contributed by atoms with E-state index in [9.17, 15) is 12.8 Å². The first-order valence-corrected chi connectivity index (χ1v) is 8.17. The lowest BCUT2D eigenvalue weighted by molar-refractivity contribution is 0.315. The summed E-state index contributed by atoms with van der Waals surface area (Å²) in [6.45, 7) is 2.12. The largest absolute Gasteiger partial charge is 0.493 e. The van der Waals surface area contributed by atoms with E-state index in [0.717, 1.165) is 0 Å². The molecule has 0 aromatic heterocycles. The molecule has 0 heterocycles. The van der Waals surface area contributed by atoms with Crippen molar-refractivity contribution < 1.29 is 17.5 Å². The Bertz CT molecular complexity index is 517. The number of rotatable bonds is 7. The normalized spacial score (nSPS) is 13.3. The van der Waals surface area contributed by atoms with E-state index in [-0.39, 0.29) is 24.2 Å². The molecule has 0 spiro atoms. The van der Waals surface area contributed by atoms with Gasteiger partial charge in [-0.25, -0.2) is 12.8 Å². The average Bonchev–Trinajstić information content (AvgIpc) is 2.33. The van der Waals surface area contributed by atoms with Crippen LogP contribution in [0.4, 0.5) is 4.39 Å². The lowest BCUT2D eigenvalue weighted by Gasteiger charge is -2.13. The highest BCUT2D eigenvalue weighted by atomic mass is 32.2. The van der Waals surface area contributed by atoms with E-state index < -0.39 is 9.84 Å². The lowest BCUT2D eigenvalue weighted by Crippen LogP contribution is -2.14. The van der Waals surface area contributed by atoms with Crippen molar-refractivity contribution in [3.8, 4) is 5.75 Å². The maximum atomic E-state index is 13.8. The van der Waals surface area contributed by atoms with Gasteiger partial charge in [-0.05, 0) is 26.5 Å². The summed E-state index contributed by atoms with van der Waals surface area (Å²) in [5.41, 5.74) is 0.575. The summed E-state index contributed by atoms with van der Waals surface area (Å²) in [6.07, 6.45) is 1.58. The van der Waals surface area contributed by atoms with Crippen LogP contribution in [0.2, 0.25) is 0 Å². The summed E-state index contributed by atoms with van der Waals surface area (Å²) in [6, 6.07) is 4.61. The Hall–Kier alpha value is -1.14. The first-order chi connectivity index (χ1) is 8.83. The van der Waals surface area contributed by atoms with Crippen LogP contribution >= 0.6 is 0 Å². The Morgan fingerprint density at radius 3 is 2.63 bits per heavy atom. The predicted molar refractivity (Wildman–Crippen MR) is 73.7 cm³/mol. The molecule has 0 saturated heterocycles. The van der Waals surface area contributed by atoms with Crippen LogP contribution < -0.4 is 10.1 Å². The van der Waals surface area contributed by atoms with E-state index in [1.54, 1.807) is 19.2 Å². The Balaban J connectivity index is 2.55. The second kappa shape index (κ2) is 6.86. The number of sulfone groups is 1. The smallest absolute Gasteiger partial charge is 0.147 e. The molecular weight excluding hydrogens is 269 g/mol. The Labute approximate surface area is 113 Å². The van der Waals surface area contributed by atoms with Gasteiger partial charge in [0.1, 0.15) is 21.4 Å². The molecule has 0 aliphatic heterocycles. The average molecular weight is 289 g/mol. The molecule has 4 nitrogen and oxygen atoms in total. The van der Waals surface area contributed by atoms with E-state index in [2.05, 4.69) is 5.32 Å². The molecule has 0 fully saturated rings. The molecule has 0 amide bonds. The van der Waals surface area contributed by atoms with Crippen molar-refractivity contribution in [1.29, 1.82) is 0 Å². The first kappa shape index (κ1) is 15.9. The van der Waals surface area contributed by atoms with Gasteiger partial charge >= 0.3 is 0 Å². The summed E-state index contributed by atoms with van der Waals surface area (Å²) in [4.78, 5) is 0. The number of hydrogen-bond donors (Lipinski definition) is 1. The topological polar surface area (TPSA) is 55.4 Å². The molecule has 108 valence electrons. The molecule has 1 aromatic rings. The summed E-state index contributed by atoms with van der Waals surface area (Å²) < 4.78 is 40.9. The van der Waals surface area contributed by atoms with Crippen molar-refractivity contribution in [3.63, 3.8) is 0 Å². The predicted octanol–water partition coefficient (Wildman–Crippen LogP) is 1.92. The fourth-order valence-electron chi connectivity index (χ4n) is 1.62. The van der Waals surface area contributed by atoms with Crippen molar-refractivity contribution in [1.82, 2.24) is 5.32 Å². The SMILES string of the molecule is CNC(C)c1ccc(OCCCS(C)(=O)=O)cc1F. The van der Waals surface area contributed by atoms with Crippen molar-refractivity contribution in [2.45, 2.75) is 19.4 Å². The van der Waals surface area contributed by atoms with Gasteiger partial charge in [-0.15, -0.1) is 0 Å². The van der Waals surface area contributed by atoms with Crippen LogP contribution in [0.15, 0.2) is 18.2 Å². The molecule has 1 unspecified atom stereocenters. The first-order valence-electron chi connectivity index (χ1n) is 6.10. The van der Waals surface area contributed by atoms with Gasteiger partial charge in [0.15, 0.2) is 0 Å². The summed E-state index contributed by atoms with van der Waals surface area (Å²) in [5, 5.41) is 2.96. The van der Waals surface area contributed by atoms with Crippen LogP contribution in [0.1, 0.15) is 24.9 Å². The maximum absolute atomic E-state index is 13.8. The van der Waals surface area contributed by atoms with Crippen LogP contribution in [-0.2, 0) is 9.84 Å². The van der Waals surface area contributed by atoms with Crippen LogP contribution in [0, 0.1) is 5.82 Å². The highest BCUT2D eigenvalue weighted by molar-refractivity contribution is 7.90. The van der Waals surface area contributed by atoms with Crippen LogP contribution in [0.5, 0.6) is 5.75 Å². The number of nitrogens with one attached hydrogen (secondary N) is 1. The van der Waals surface area contributed by atoms with E-state index in [0.29, 0.717) is 17.7 Å². The minimum atomic E-state index is -2.97. The third-order valence-corrected chi connectivity index (χ3v) is 3.83. The van der Waals surface area contributed by atoms with Gasteiger partial charge in [0.2, 0.25) is 0 Å². The summed E-state index contributed by atoms with van der Waals surface area (Å²) in [5.74, 6) is 0.158. The Morgan fingerprint density at radius 2 is 2.11 bits per heavy atom. The summed E-state index contributed by atoms with van der Waals surface area (Å²) >= 11 is 0. The number of halogens is 1. The van der Waals surface area contributed by atoms with Gasteiger partial charge in [0.25, 0.3) is 0 Å². The second-order valence-corrected chi connectivity index (χ2v) is 6.79. The quantitative estimate of drug-likeness (QED) is 0.779. The fourth-order valence-corrected chi connectivity index (χ4v) is 2.26. The zero-order valence-corrected chi connectivity index (χ0v) is 12.3. The number of hydrogen-bond acceptors (Lipinski definition) is 4. The molecular formula is C13H20FNO3S. The lowest BCUT2D eigenvalue weighted by atomic mass is 10.1. The molecule has 19 heavy (non-hydrogen) atoms. The van der Waals surface area contributed by atoms with Crippen molar-refractivity contribution in [3.05, 3.63) is 29.6 Å². The minimum absolute atomic E-state index is 0.0701. The Morgan fingerprint density at radius 1 is 1.42 bits per heavy atom. The van der Waals surface area contributed by atoms with Gasteiger partial charge in [-0.3, -0.25) is 0 Å². The number of benzene rings is 1. The molecule has 1 rings (SSSR count). The van der Waals surface area contributed by atoms with Crippen molar-refractivity contribution >= 4 is 9.84 Å². The molecule has 1 aromatic carbocycles. The molecule has 0 saturated carbocycles. The van der Waals surface area contributed by atoms with E-state index in [1.165, 1.54) is 12.3 Å². The van der Waals surface area contributed by atoms with Gasteiger partial charge < -0.3 is 10.1 Å². The Kier molecular flexibility index (Phi) is 5.75. The van der Waals surface area contributed by atoms with E-state index >= 15 is 0 Å². The van der Waals surface area contributed by atoms with E-state index in [1.807, 2.05) is 6.92 Å². The number of ether oxygens (including phenoxy) is 1. The highest BCUT2D eigenvalue weighted by Gasteiger charge is 2.10. The zero-order valence-electron chi connectivity index (χ0n) is 11.4. The highest BCUT2D eigenvalue weighted by Crippen LogP contribution is 2.21. The maximum Gasteiger partial charge on any atom is 0.147 e.